The second kappa shape index (κ2) is 6.08. The van der Waals surface area contributed by atoms with Crippen molar-refractivity contribution in [3.63, 3.8) is 0 Å². The molecule has 1 rings (SSSR count). The molecule has 0 heterocycles. The molecule has 1 aromatic carbocycles. The predicted octanol–water partition coefficient (Wildman–Crippen LogP) is 0.875. The smallest absolute Gasteiger partial charge is 0.325 e. The lowest BCUT2D eigenvalue weighted by atomic mass is 10.1. The summed E-state index contributed by atoms with van der Waals surface area (Å²) in [6, 6.07) is 4.49. The zero-order valence-electron chi connectivity index (χ0n) is 11.3. The first-order valence-electron chi connectivity index (χ1n) is 5.89. The molecule has 1 aromatic rings. The molecule has 0 unspecified atom stereocenters. The summed E-state index contributed by atoms with van der Waals surface area (Å²) in [6.07, 6.45) is 0. The molecule has 19 heavy (non-hydrogen) atoms. The van der Waals surface area contributed by atoms with Crippen LogP contribution >= 0.6 is 0 Å². The monoisotopic (exact) mass is 265 g/mol. The Kier molecular flexibility index (Phi) is 4.74. The largest absolute Gasteiger partial charge is 0.468 e. The van der Waals surface area contributed by atoms with E-state index in [4.69, 9.17) is 11.5 Å². The third-order valence-electron chi connectivity index (χ3n) is 2.64. The van der Waals surface area contributed by atoms with Gasteiger partial charge in [0.1, 0.15) is 6.54 Å². The first kappa shape index (κ1) is 14.8. The molecule has 0 fully saturated rings. The van der Waals surface area contributed by atoms with Crippen molar-refractivity contribution in [2.45, 2.75) is 19.9 Å². The number of carbonyl (C=O) groups excluding carboxylic acids is 2. The zero-order chi connectivity index (χ0) is 14.6. The number of nitrogens with two attached hydrogens (primary N) is 2. The Morgan fingerprint density at radius 3 is 2.16 bits per heavy atom. The molecule has 6 nitrogen and oxygen atoms in total. The van der Waals surface area contributed by atoms with E-state index >= 15 is 0 Å². The van der Waals surface area contributed by atoms with Crippen molar-refractivity contribution >= 4 is 23.3 Å². The maximum absolute atomic E-state index is 12.3. The molecule has 1 amide bonds. The molecule has 0 aliphatic heterocycles. The Hall–Kier alpha value is -2.24. The van der Waals surface area contributed by atoms with Crippen molar-refractivity contribution in [2.24, 2.45) is 0 Å². The molecular formula is C13H19N3O3. The standard InChI is InChI=1S/C13H19N3O3/c1-8(2)16(7-12(17)19-3)13(18)9-4-10(14)6-11(15)5-9/h4-6,8H,7,14-15H2,1-3H3. The number of hydrogen-bond donors (Lipinski definition) is 2. The highest BCUT2D eigenvalue weighted by molar-refractivity contribution is 5.97. The van der Waals surface area contributed by atoms with Crippen LogP contribution in [0.2, 0.25) is 0 Å². The molecule has 6 heteroatoms. The maximum Gasteiger partial charge on any atom is 0.325 e. The Bertz CT molecular complexity index is 466. The van der Waals surface area contributed by atoms with Gasteiger partial charge in [0.15, 0.2) is 0 Å². The minimum absolute atomic E-state index is 0.109. The van der Waals surface area contributed by atoms with Crippen LogP contribution in [-0.4, -0.2) is 36.5 Å². The number of amides is 1. The molecule has 0 aliphatic rings. The van der Waals surface area contributed by atoms with Crippen LogP contribution in [0.25, 0.3) is 0 Å². The fraction of sp³-hybridized carbons (Fsp3) is 0.385. The second-order valence-corrected chi connectivity index (χ2v) is 4.49. The van der Waals surface area contributed by atoms with Crippen LogP contribution < -0.4 is 11.5 Å². The van der Waals surface area contributed by atoms with Crippen LogP contribution in [-0.2, 0) is 9.53 Å². The van der Waals surface area contributed by atoms with Crippen LogP contribution in [0, 0.1) is 0 Å². The summed E-state index contributed by atoms with van der Waals surface area (Å²) in [6.45, 7) is 3.52. The number of nitrogens with zero attached hydrogens (tertiary/aromatic N) is 1. The number of rotatable bonds is 4. The summed E-state index contributed by atoms with van der Waals surface area (Å²) in [5, 5.41) is 0. The Labute approximate surface area is 112 Å². The highest BCUT2D eigenvalue weighted by Gasteiger charge is 2.22. The van der Waals surface area contributed by atoms with Gasteiger partial charge >= 0.3 is 5.97 Å². The third kappa shape index (κ3) is 3.87. The number of nitrogen functional groups attached to an aromatic ring is 2. The SMILES string of the molecule is COC(=O)CN(C(=O)c1cc(N)cc(N)c1)C(C)C. The van der Waals surface area contributed by atoms with Crippen LogP contribution in [0.1, 0.15) is 24.2 Å². The van der Waals surface area contributed by atoms with Crippen molar-refractivity contribution in [2.75, 3.05) is 25.1 Å². The number of anilines is 2. The van der Waals surface area contributed by atoms with E-state index in [1.54, 1.807) is 6.07 Å². The van der Waals surface area contributed by atoms with Gasteiger partial charge in [-0.3, -0.25) is 9.59 Å². The summed E-state index contributed by atoms with van der Waals surface area (Å²) in [4.78, 5) is 25.1. The molecule has 0 spiro atoms. The van der Waals surface area contributed by atoms with Gasteiger partial charge in [0.2, 0.25) is 0 Å². The molecule has 0 aromatic heterocycles. The van der Waals surface area contributed by atoms with E-state index in [0.29, 0.717) is 16.9 Å². The van der Waals surface area contributed by atoms with E-state index in [1.807, 2.05) is 13.8 Å². The van der Waals surface area contributed by atoms with Crippen LogP contribution in [0.5, 0.6) is 0 Å². The lowest BCUT2D eigenvalue weighted by molar-refractivity contribution is -0.141. The predicted molar refractivity (Wildman–Crippen MR) is 73.5 cm³/mol. The average Bonchev–Trinajstić information content (AvgIpc) is 2.33. The molecule has 104 valence electrons. The van der Waals surface area contributed by atoms with E-state index in [2.05, 4.69) is 4.74 Å². The van der Waals surface area contributed by atoms with Gasteiger partial charge < -0.3 is 21.1 Å². The van der Waals surface area contributed by atoms with E-state index < -0.39 is 5.97 Å². The second-order valence-electron chi connectivity index (χ2n) is 4.49. The normalized spacial score (nSPS) is 10.3. The number of carbonyl (C=O) groups is 2. The lowest BCUT2D eigenvalue weighted by Gasteiger charge is -2.25. The molecule has 0 saturated carbocycles. The summed E-state index contributed by atoms with van der Waals surface area (Å²) in [5.41, 5.74) is 12.5. The fourth-order valence-electron chi connectivity index (χ4n) is 1.66. The molecule has 0 bridgehead atoms. The van der Waals surface area contributed by atoms with Crippen LogP contribution in [0.4, 0.5) is 11.4 Å². The fourth-order valence-corrected chi connectivity index (χ4v) is 1.66. The minimum Gasteiger partial charge on any atom is -0.468 e. The van der Waals surface area contributed by atoms with Gasteiger partial charge in [-0.25, -0.2) is 0 Å². The first-order valence-corrected chi connectivity index (χ1v) is 5.89. The molecule has 0 saturated heterocycles. The van der Waals surface area contributed by atoms with Crippen LogP contribution in [0.15, 0.2) is 18.2 Å². The first-order chi connectivity index (χ1) is 8.85. The number of benzene rings is 1. The number of esters is 1. The lowest BCUT2D eigenvalue weighted by Crippen LogP contribution is -2.41. The molecule has 0 atom stereocenters. The number of methoxy groups -OCH3 is 1. The quantitative estimate of drug-likeness (QED) is 0.622. The summed E-state index contributed by atoms with van der Waals surface area (Å²) in [5.74, 6) is -0.779. The van der Waals surface area contributed by atoms with E-state index in [9.17, 15) is 9.59 Å². The van der Waals surface area contributed by atoms with Gasteiger partial charge in [-0.1, -0.05) is 0 Å². The van der Waals surface area contributed by atoms with Crippen LogP contribution in [0.3, 0.4) is 0 Å². The Balaban J connectivity index is 3.02. The minimum atomic E-state index is -0.473. The van der Waals surface area contributed by atoms with Gasteiger partial charge in [0, 0.05) is 23.0 Å². The highest BCUT2D eigenvalue weighted by atomic mass is 16.5. The topological polar surface area (TPSA) is 98.6 Å². The third-order valence-corrected chi connectivity index (χ3v) is 2.64. The average molecular weight is 265 g/mol. The summed E-state index contributed by atoms with van der Waals surface area (Å²) in [7, 11) is 1.28. The number of hydrogen-bond acceptors (Lipinski definition) is 5. The van der Waals surface area contributed by atoms with E-state index in [1.165, 1.54) is 24.1 Å². The number of ether oxygens (including phenoxy) is 1. The van der Waals surface area contributed by atoms with Gasteiger partial charge in [0.25, 0.3) is 5.91 Å². The van der Waals surface area contributed by atoms with Crippen molar-refractivity contribution in [3.05, 3.63) is 23.8 Å². The van der Waals surface area contributed by atoms with E-state index in [-0.39, 0.29) is 18.5 Å². The maximum atomic E-state index is 12.3. The van der Waals surface area contributed by atoms with Gasteiger partial charge in [-0.2, -0.15) is 0 Å². The van der Waals surface area contributed by atoms with Crippen molar-refractivity contribution in [3.8, 4) is 0 Å². The summed E-state index contributed by atoms with van der Waals surface area (Å²) >= 11 is 0. The van der Waals surface area contributed by atoms with Crippen molar-refractivity contribution < 1.29 is 14.3 Å². The molecule has 4 N–H and O–H groups in total. The highest BCUT2D eigenvalue weighted by Crippen LogP contribution is 2.16. The molecule has 0 radical (unpaired) electrons. The molecular weight excluding hydrogens is 246 g/mol. The summed E-state index contributed by atoms with van der Waals surface area (Å²) < 4.78 is 4.58. The zero-order valence-corrected chi connectivity index (χ0v) is 11.3. The Morgan fingerprint density at radius 2 is 1.74 bits per heavy atom. The van der Waals surface area contributed by atoms with Crippen molar-refractivity contribution in [1.29, 1.82) is 0 Å². The van der Waals surface area contributed by atoms with Crippen molar-refractivity contribution in [1.82, 2.24) is 4.90 Å². The van der Waals surface area contributed by atoms with Gasteiger partial charge in [0.05, 0.1) is 7.11 Å². The van der Waals surface area contributed by atoms with Gasteiger partial charge in [-0.15, -0.1) is 0 Å². The van der Waals surface area contributed by atoms with Gasteiger partial charge in [-0.05, 0) is 32.0 Å². The Morgan fingerprint density at radius 1 is 1.21 bits per heavy atom. The molecule has 0 aliphatic carbocycles. The van der Waals surface area contributed by atoms with E-state index in [0.717, 1.165) is 0 Å².